The van der Waals surface area contributed by atoms with Gasteiger partial charge >= 0.3 is 5.97 Å². The van der Waals surface area contributed by atoms with E-state index in [9.17, 15) is 13.6 Å². The lowest BCUT2D eigenvalue weighted by atomic mass is 10.1. The topological polar surface area (TPSA) is 75.3 Å². The van der Waals surface area contributed by atoms with E-state index in [1.54, 1.807) is 18.2 Å². The Hall–Kier alpha value is -2.28. The van der Waals surface area contributed by atoms with Crippen molar-refractivity contribution in [2.75, 3.05) is 11.1 Å². The first-order chi connectivity index (χ1) is 9.97. The Kier molecular flexibility index (Phi) is 4.64. The number of halogens is 2. The van der Waals surface area contributed by atoms with E-state index in [1.165, 1.54) is 24.3 Å². The Morgan fingerprint density at radius 3 is 2.57 bits per heavy atom. The maximum atomic E-state index is 12.5. The van der Waals surface area contributed by atoms with Crippen LogP contribution in [0.25, 0.3) is 0 Å². The van der Waals surface area contributed by atoms with Crippen LogP contribution in [0.2, 0.25) is 0 Å². The van der Waals surface area contributed by atoms with Gasteiger partial charge in [-0.15, -0.1) is 0 Å². The van der Waals surface area contributed by atoms with Crippen LogP contribution in [0.4, 0.5) is 25.8 Å². The average molecular weight is 310 g/mol. The number of nitrogen functional groups attached to an aromatic ring is 1. The monoisotopic (exact) mass is 310 g/mol. The van der Waals surface area contributed by atoms with Crippen molar-refractivity contribution in [1.29, 1.82) is 0 Å². The number of aromatic carboxylic acids is 1. The summed E-state index contributed by atoms with van der Waals surface area (Å²) in [6, 6.07) is 10.8. The quantitative estimate of drug-likeness (QED) is 0.574. The van der Waals surface area contributed by atoms with Gasteiger partial charge in [-0.05, 0) is 30.3 Å². The molecule has 0 amide bonds. The summed E-state index contributed by atoms with van der Waals surface area (Å²) >= 11 is 0.394. The highest BCUT2D eigenvalue weighted by atomic mass is 32.2. The Balaban J connectivity index is 2.37. The molecule has 0 aliphatic carbocycles. The number of carboxylic acids is 1. The van der Waals surface area contributed by atoms with Crippen molar-refractivity contribution in [2.45, 2.75) is 10.7 Å². The third kappa shape index (κ3) is 3.85. The molecule has 0 aromatic heterocycles. The van der Waals surface area contributed by atoms with E-state index in [2.05, 4.69) is 5.32 Å². The molecule has 4 N–H and O–H groups in total. The summed E-state index contributed by atoms with van der Waals surface area (Å²) in [6.07, 6.45) is 0. The molecule has 7 heteroatoms. The second kappa shape index (κ2) is 6.45. The fraction of sp³-hybridized carbons (Fsp3) is 0.0714. The molecule has 2 aromatic carbocycles. The van der Waals surface area contributed by atoms with E-state index in [0.717, 1.165) is 0 Å². The van der Waals surface area contributed by atoms with Crippen LogP contribution in [0.15, 0.2) is 47.4 Å². The van der Waals surface area contributed by atoms with Crippen molar-refractivity contribution in [3.63, 3.8) is 0 Å². The predicted molar refractivity (Wildman–Crippen MR) is 79.4 cm³/mol. The number of rotatable bonds is 5. The molecule has 0 unspecified atom stereocenters. The molecule has 0 saturated heterocycles. The summed E-state index contributed by atoms with van der Waals surface area (Å²) in [5.41, 5.74) is 6.55. The number of carbonyl (C=O) groups is 1. The Morgan fingerprint density at radius 1 is 1.19 bits per heavy atom. The number of para-hydroxylation sites is 1. The Labute approximate surface area is 124 Å². The Morgan fingerprint density at radius 2 is 1.90 bits per heavy atom. The first kappa shape index (κ1) is 15.1. The molecule has 110 valence electrons. The predicted octanol–water partition coefficient (Wildman–Crippen LogP) is 4.03. The Bertz CT molecular complexity index is 665. The second-order valence-electron chi connectivity index (χ2n) is 4.11. The van der Waals surface area contributed by atoms with Crippen LogP contribution in [0.5, 0.6) is 0 Å². The molecule has 21 heavy (non-hydrogen) atoms. The average Bonchev–Trinajstić information content (AvgIpc) is 2.42. The fourth-order valence-corrected chi connectivity index (χ4v) is 2.36. The minimum Gasteiger partial charge on any atom is -0.478 e. The molecule has 0 aliphatic heterocycles. The van der Waals surface area contributed by atoms with Crippen LogP contribution in [0.1, 0.15) is 10.4 Å². The molecular formula is C14H12F2N2O2S. The van der Waals surface area contributed by atoms with Crippen LogP contribution < -0.4 is 11.1 Å². The van der Waals surface area contributed by atoms with Crippen LogP contribution in [0, 0.1) is 0 Å². The third-order valence-corrected chi connectivity index (χ3v) is 3.43. The van der Waals surface area contributed by atoms with Gasteiger partial charge < -0.3 is 16.2 Å². The van der Waals surface area contributed by atoms with Gasteiger partial charge in [0.1, 0.15) is 0 Å². The fourth-order valence-electron chi connectivity index (χ4n) is 1.76. The summed E-state index contributed by atoms with van der Waals surface area (Å²) in [7, 11) is 0. The highest BCUT2D eigenvalue weighted by Crippen LogP contribution is 2.34. The van der Waals surface area contributed by atoms with Crippen molar-refractivity contribution in [1.82, 2.24) is 0 Å². The number of nitrogens with two attached hydrogens (primary N) is 1. The molecule has 0 saturated carbocycles. The summed E-state index contributed by atoms with van der Waals surface area (Å²) < 4.78 is 25.0. The van der Waals surface area contributed by atoms with Crippen molar-refractivity contribution >= 4 is 34.8 Å². The van der Waals surface area contributed by atoms with Gasteiger partial charge in [0.05, 0.1) is 16.9 Å². The van der Waals surface area contributed by atoms with E-state index in [1.807, 2.05) is 0 Å². The van der Waals surface area contributed by atoms with Gasteiger partial charge in [0.2, 0.25) is 0 Å². The SMILES string of the molecule is Nc1ccc(Nc2ccccc2SC(F)F)c(C(=O)O)c1. The van der Waals surface area contributed by atoms with E-state index in [0.29, 0.717) is 33.7 Å². The van der Waals surface area contributed by atoms with E-state index < -0.39 is 11.7 Å². The molecule has 2 rings (SSSR count). The van der Waals surface area contributed by atoms with Crippen LogP contribution in [-0.4, -0.2) is 16.8 Å². The van der Waals surface area contributed by atoms with Crippen LogP contribution >= 0.6 is 11.8 Å². The third-order valence-electron chi connectivity index (χ3n) is 2.65. The lowest BCUT2D eigenvalue weighted by Crippen LogP contribution is -2.04. The minimum atomic E-state index is -2.56. The highest BCUT2D eigenvalue weighted by Gasteiger charge is 2.14. The molecule has 0 heterocycles. The minimum absolute atomic E-state index is 0.0214. The number of anilines is 3. The molecule has 2 aromatic rings. The molecule has 0 fully saturated rings. The first-order valence-electron chi connectivity index (χ1n) is 5.91. The second-order valence-corrected chi connectivity index (χ2v) is 5.14. The summed E-state index contributed by atoms with van der Waals surface area (Å²) in [5, 5.41) is 12.0. The van der Waals surface area contributed by atoms with Crippen LogP contribution in [-0.2, 0) is 0 Å². The molecule has 4 nitrogen and oxygen atoms in total. The molecule has 0 radical (unpaired) electrons. The van der Waals surface area contributed by atoms with Gasteiger partial charge in [-0.3, -0.25) is 0 Å². The lowest BCUT2D eigenvalue weighted by molar-refractivity contribution is 0.0698. The van der Waals surface area contributed by atoms with E-state index in [4.69, 9.17) is 10.8 Å². The summed E-state index contributed by atoms with van der Waals surface area (Å²) in [4.78, 5) is 11.5. The standard InChI is InChI=1S/C14H12F2N2O2S/c15-14(16)21-12-4-2-1-3-11(12)18-10-6-5-8(17)7-9(10)13(19)20/h1-7,14,18H,17H2,(H,19,20). The zero-order valence-corrected chi connectivity index (χ0v) is 11.5. The molecule has 0 bridgehead atoms. The van der Waals surface area contributed by atoms with Crippen LogP contribution in [0.3, 0.4) is 0 Å². The van der Waals surface area contributed by atoms with Crippen molar-refractivity contribution in [3.05, 3.63) is 48.0 Å². The first-order valence-corrected chi connectivity index (χ1v) is 6.79. The van der Waals surface area contributed by atoms with Gasteiger partial charge in [0.15, 0.2) is 0 Å². The van der Waals surface area contributed by atoms with Gasteiger partial charge in [-0.25, -0.2) is 4.79 Å². The van der Waals surface area contributed by atoms with E-state index in [-0.39, 0.29) is 5.56 Å². The number of hydrogen-bond donors (Lipinski definition) is 3. The van der Waals surface area contributed by atoms with Crippen molar-refractivity contribution in [2.24, 2.45) is 0 Å². The maximum absolute atomic E-state index is 12.5. The zero-order chi connectivity index (χ0) is 15.4. The number of hydrogen-bond acceptors (Lipinski definition) is 4. The van der Waals surface area contributed by atoms with Crippen molar-refractivity contribution < 1.29 is 18.7 Å². The molecule has 0 aliphatic rings. The summed E-state index contributed by atoms with van der Waals surface area (Å²) in [5.74, 6) is -3.71. The maximum Gasteiger partial charge on any atom is 0.337 e. The van der Waals surface area contributed by atoms with Gasteiger partial charge in [0, 0.05) is 10.6 Å². The van der Waals surface area contributed by atoms with Crippen molar-refractivity contribution in [3.8, 4) is 0 Å². The lowest BCUT2D eigenvalue weighted by Gasteiger charge is -2.13. The zero-order valence-electron chi connectivity index (χ0n) is 10.7. The molecular weight excluding hydrogens is 298 g/mol. The largest absolute Gasteiger partial charge is 0.478 e. The number of carboxylic acid groups (broad SMARTS) is 1. The molecule has 0 spiro atoms. The number of thioether (sulfide) groups is 1. The number of benzene rings is 2. The van der Waals surface area contributed by atoms with E-state index >= 15 is 0 Å². The highest BCUT2D eigenvalue weighted by molar-refractivity contribution is 7.99. The number of alkyl halides is 2. The number of nitrogens with one attached hydrogen (secondary N) is 1. The molecule has 0 atom stereocenters. The van der Waals surface area contributed by atoms with Gasteiger partial charge in [0.25, 0.3) is 5.76 Å². The smallest absolute Gasteiger partial charge is 0.337 e. The van der Waals surface area contributed by atoms with Gasteiger partial charge in [-0.2, -0.15) is 8.78 Å². The summed E-state index contributed by atoms with van der Waals surface area (Å²) in [6.45, 7) is 0. The normalized spacial score (nSPS) is 10.6. The van der Waals surface area contributed by atoms with Gasteiger partial charge in [-0.1, -0.05) is 23.9 Å².